The molecule has 1 rings (SSSR count). The van der Waals surface area contributed by atoms with Gasteiger partial charge in [-0.1, -0.05) is 6.92 Å². The Labute approximate surface area is 95.3 Å². The second-order valence-corrected chi connectivity index (χ2v) is 5.15. The molecule has 0 aliphatic rings. The van der Waals surface area contributed by atoms with Crippen molar-refractivity contribution in [1.29, 1.82) is 0 Å². The van der Waals surface area contributed by atoms with Crippen molar-refractivity contribution in [2.75, 3.05) is 29.9 Å². The van der Waals surface area contributed by atoms with Crippen molar-refractivity contribution < 1.29 is 8.42 Å². The van der Waals surface area contributed by atoms with Gasteiger partial charge in [-0.15, -0.1) is 0 Å². The molecule has 0 saturated carbocycles. The second-order valence-electron chi connectivity index (χ2n) is 3.22. The van der Waals surface area contributed by atoms with Crippen LogP contribution in [0.5, 0.6) is 0 Å². The van der Waals surface area contributed by atoms with Gasteiger partial charge in [-0.2, -0.15) is 0 Å². The zero-order chi connectivity index (χ0) is 12.0. The van der Waals surface area contributed by atoms with Gasteiger partial charge in [-0.25, -0.2) is 18.1 Å². The van der Waals surface area contributed by atoms with Gasteiger partial charge in [0.15, 0.2) is 0 Å². The Morgan fingerprint density at radius 1 is 1.44 bits per heavy atom. The summed E-state index contributed by atoms with van der Waals surface area (Å²) >= 11 is 0. The molecule has 0 saturated heterocycles. The average molecular weight is 244 g/mol. The number of pyridine rings is 1. The highest BCUT2D eigenvalue weighted by Crippen LogP contribution is 2.05. The molecule has 0 unspecified atom stereocenters. The van der Waals surface area contributed by atoms with Crippen LogP contribution in [-0.4, -0.2) is 32.2 Å². The number of sulfonamides is 1. The minimum absolute atomic E-state index is 0.0207. The summed E-state index contributed by atoms with van der Waals surface area (Å²) in [6.07, 6.45) is 1.52. The van der Waals surface area contributed by atoms with Crippen molar-refractivity contribution in [2.24, 2.45) is 0 Å². The molecule has 6 nitrogen and oxygen atoms in total. The standard InChI is InChI=1S/C9H16N4O2S/c1-2-13-16(14,15)6-5-11-9-4-3-8(10)7-12-9/h3-4,7,13H,2,5-6,10H2,1H3,(H,11,12). The zero-order valence-electron chi connectivity index (χ0n) is 9.10. The lowest BCUT2D eigenvalue weighted by Gasteiger charge is -2.06. The van der Waals surface area contributed by atoms with Crippen LogP contribution in [0.4, 0.5) is 11.5 Å². The van der Waals surface area contributed by atoms with Gasteiger partial charge in [0.2, 0.25) is 10.0 Å². The zero-order valence-corrected chi connectivity index (χ0v) is 9.92. The summed E-state index contributed by atoms with van der Waals surface area (Å²) in [6, 6.07) is 3.41. The first-order valence-electron chi connectivity index (χ1n) is 4.96. The van der Waals surface area contributed by atoms with Gasteiger partial charge >= 0.3 is 0 Å². The fourth-order valence-corrected chi connectivity index (χ4v) is 2.07. The van der Waals surface area contributed by atoms with Gasteiger partial charge in [-0.05, 0) is 12.1 Å². The van der Waals surface area contributed by atoms with Gasteiger partial charge in [0.25, 0.3) is 0 Å². The first-order valence-corrected chi connectivity index (χ1v) is 6.61. The van der Waals surface area contributed by atoms with Gasteiger partial charge in [0.1, 0.15) is 5.82 Å². The normalized spacial score (nSPS) is 11.3. The Balaban J connectivity index is 2.39. The summed E-state index contributed by atoms with van der Waals surface area (Å²) in [4.78, 5) is 3.99. The number of anilines is 2. The smallest absolute Gasteiger partial charge is 0.213 e. The van der Waals surface area contributed by atoms with E-state index in [1.165, 1.54) is 6.20 Å². The van der Waals surface area contributed by atoms with Crippen LogP contribution in [0.1, 0.15) is 6.92 Å². The van der Waals surface area contributed by atoms with Crippen molar-refractivity contribution in [1.82, 2.24) is 9.71 Å². The number of nitrogens with one attached hydrogen (secondary N) is 2. The SMILES string of the molecule is CCNS(=O)(=O)CCNc1ccc(N)cn1. The van der Waals surface area contributed by atoms with E-state index >= 15 is 0 Å². The van der Waals surface area contributed by atoms with Crippen LogP contribution in [0, 0.1) is 0 Å². The monoisotopic (exact) mass is 244 g/mol. The molecule has 16 heavy (non-hydrogen) atoms. The van der Waals surface area contributed by atoms with Gasteiger partial charge in [0, 0.05) is 13.1 Å². The molecule has 0 amide bonds. The van der Waals surface area contributed by atoms with Crippen LogP contribution in [0.25, 0.3) is 0 Å². The lowest BCUT2D eigenvalue weighted by molar-refractivity contribution is 0.584. The molecule has 1 aromatic rings. The number of aromatic nitrogens is 1. The second kappa shape index (κ2) is 5.66. The molecule has 0 aliphatic heterocycles. The van der Waals surface area contributed by atoms with E-state index in [2.05, 4.69) is 15.0 Å². The number of nitrogens with two attached hydrogens (primary N) is 1. The lowest BCUT2D eigenvalue weighted by Crippen LogP contribution is -2.29. The summed E-state index contributed by atoms with van der Waals surface area (Å²) in [5.74, 6) is 0.633. The Bertz CT molecular complexity index is 416. The number of nitrogen functional groups attached to an aromatic ring is 1. The molecule has 7 heteroatoms. The molecular formula is C9H16N4O2S. The molecule has 1 aromatic heterocycles. The van der Waals surface area contributed by atoms with E-state index in [1.54, 1.807) is 19.1 Å². The third kappa shape index (κ3) is 4.45. The van der Waals surface area contributed by atoms with Gasteiger partial charge in [-0.3, -0.25) is 0 Å². The highest BCUT2D eigenvalue weighted by atomic mass is 32.2. The number of nitrogens with zero attached hydrogens (tertiary/aromatic N) is 1. The highest BCUT2D eigenvalue weighted by molar-refractivity contribution is 7.89. The van der Waals surface area contributed by atoms with E-state index in [-0.39, 0.29) is 5.75 Å². The quantitative estimate of drug-likeness (QED) is 0.655. The third-order valence-corrected chi connectivity index (χ3v) is 3.30. The maximum atomic E-state index is 11.3. The lowest BCUT2D eigenvalue weighted by atomic mass is 10.4. The molecule has 0 spiro atoms. The van der Waals surface area contributed by atoms with Crippen LogP contribution in [0.3, 0.4) is 0 Å². The first-order chi connectivity index (χ1) is 7.53. The van der Waals surface area contributed by atoms with E-state index < -0.39 is 10.0 Å². The maximum Gasteiger partial charge on any atom is 0.213 e. The number of hydrogen-bond acceptors (Lipinski definition) is 5. The minimum atomic E-state index is -3.17. The van der Waals surface area contributed by atoms with E-state index in [4.69, 9.17) is 5.73 Å². The fourth-order valence-electron chi connectivity index (χ4n) is 1.12. The summed E-state index contributed by atoms with van der Waals surface area (Å²) in [5, 5.41) is 2.90. The van der Waals surface area contributed by atoms with E-state index in [0.29, 0.717) is 24.6 Å². The fraction of sp³-hybridized carbons (Fsp3) is 0.444. The predicted octanol–water partition coefficient (Wildman–Crippen LogP) is 0.0150. The van der Waals surface area contributed by atoms with Crippen molar-refractivity contribution in [2.45, 2.75) is 6.92 Å². The minimum Gasteiger partial charge on any atom is -0.397 e. The molecule has 0 radical (unpaired) electrons. The Morgan fingerprint density at radius 3 is 2.75 bits per heavy atom. The van der Waals surface area contributed by atoms with Crippen molar-refractivity contribution >= 4 is 21.5 Å². The first kappa shape index (κ1) is 12.7. The molecule has 0 fully saturated rings. The summed E-state index contributed by atoms with van der Waals surface area (Å²) < 4.78 is 25.0. The average Bonchev–Trinajstić information content (AvgIpc) is 2.20. The number of rotatable bonds is 6. The maximum absolute atomic E-state index is 11.3. The molecule has 90 valence electrons. The Kier molecular flexibility index (Phi) is 4.51. The van der Waals surface area contributed by atoms with Crippen LogP contribution < -0.4 is 15.8 Å². The van der Waals surface area contributed by atoms with Crippen LogP contribution in [0.15, 0.2) is 18.3 Å². The van der Waals surface area contributed by atoms with Crippen molar-refractivity contribution in [3.05, 3.63) is 18.3 Å². The van der Waals surface area contributed by atoms with Crippen LogP contribution >= 0.6 is 0 Å². The molecule has 0 aromatic carbocycles. The number of hydrogen-bond donors (Lipinski definition) is 3. The summed E-state index contributed by atoms with van der Waals surface area (Å²) in [6.45, 7) is 2.46. The molecule has 0 aliphatic carbocycles. The van der Waals surface area contributed by atoms with Gasteiger partial charge in [0.05, 0.1) is 17.6 Å². The predicted molar refractivity (Wildman–Crippen MR) is 64.6 cm³/mol. The van der Waals surface area contributed by atoms with Crippen molar-refractivity contribution in [3.63, 3.8) is 0 Å². The molecular weight excluding hydrogens is 228 g/mol. The highest BCUT2D eigenvalue weighted by Gasteiger charge is 2.07. The molecule has 0 bridgehead atoms. The van der Waals surface area contributed by atoms with Crippen LogP contribution in [0.2, 0.25) is 0 Å². The summed E-state index contributed by atoms with van der Waals surface area (Å²) in [5.41, 5.74) is 6.04. The molecule has 0 atom stereocenters. The molecule has 4 N–H and O–H groups in total. The Hall–Kier alpha value is -1.34. The topological polar surface area (TPSA) is 97.1 Å². The van der Waals surface area contributed by atoms with E-state index in [0.717, 1.165) is 0 Å². The summed E-state index contributed by atoms with van der Waals surface area (Å²) in [7, 11) is -3.17. The van der Waals surface area contributed by atoms with Crippen LogP contribution in [-0.2, 0) is 10.0 Å². The van der Waals surface area contributed by atoms with E-state index in [1.807, 2.05) is 0 Å². The van der Waals surface area contributed by atoms with Gasteiger partial charge < -0.3 is 11.1 Å². The Morgan fingerprint density at radius 2 is 2.19 bits per heavy atom. The largest absolute Gasteiger partial charge is 0.397 e. The van der Waals surface area contributed by atoms with E-state index in [9.17, 15) is 8.42 Å². The van der Waals surface area contributed by atoms with Crippen molar-refractivity contribution in [3.8, 4) is 0 Å². The third-order valence-electron chi connectivity index (χ3n) is 1.83. The molecule has 1 heterocycles.